The molecule has 0 aromatic heterocycles. The Morgan fingerprint density at radius 2 is 1.88 bits per heavy atom. The van der Waals surface area contributed by atoms with E-state index in [0.29, 0.717) is 0 Å². The molecule has 6 heteroatoms. The highest BCUT2D eigenvalue weighted by atomic mass is 35.5. The van der Waals surface area contributed by atoms with Crippen LogP contribution in [0.5, 0.6) is 0 Å². The summed E-state index contributed by atoms with van der Waals surface area (Å²) in [6.45, 7) is 3.73. The molecule has 2 saturated heterocycles. The van der Waals surface area contributed by atoms with Gasteiger partial charge < -0.3 is 20.4 Å². The normalized spacial score (nSPS) is 22.8. The Morgan fingerprint density at radius 1 is 1.21 bits per heavy atom. The summed E-state index contributed by atoms with van der Waals surface area (Å²) in [4.78, 5) is 16.9. The van der Waals surface area contributed by atoms with Gasteiger partial charge in [0.15, 0.2) is 0 Å². The number of carbonyl (C=O) groups excluding carboxylic acids is 1. The summed E-state index contributed by atoms with van der Waals surface area (Å²) in [5.41, 5.74) is 1.24. The van der Waals surface area contributed by atoms with Crippen LogP contribution in [0.25, 0.3) is 0 Å². The molecule has 0 bridgehead atoms. The molecule has 0 radical (unpaired) electrons. The summed E-state index contributed by atoms with van der Waals surface area (Å²) in [6, 6.07) is 10.9. The molecular formula is C18H29ClN4O. The lowest BCUT2D eigenvalue weighted by molar-refractivity contribution is 0.0149. The first-order chi connectivity index (χ1) is 11.1. The van der Waals surface area contributed by atoms with Crippen LogP contribution in [0.2, 0.25) is 0 Å². The number of amides is 2. The molecule has 1 aromatic rings. The number of piperidine rings is 1. The minimum absolute atomic E-state index is 0. The maximum atomic E-state index is 13.0. The fourth-order valence-corrected chi connectivity index (χ4v) is 3.97. The molecule has 3 rings (SSSR count). The zero-order chi connectivity index (χ0) is 16.3. The highest BCUT2D eigenvalue weighted by molar-refractivity contribution is 5.85. The van der Waals surface area contributed by atoms with Crippen molar-refractivity contribution in [3.63, 3.8) is 0 Å². The predicted octanol–water partition coefficient (Wildman–Crippen LogP) is 1.73. The van der Waals surface area contributed by atoms with Crippen molar-refractivity contribution < 1.29 is 4.79 Å². The van der Waals surface area contributed by atoms with Gasteiger partial charge in [0.05, 0.1) is 11.6 Å². The predicted molar refractivity (Wildman–Crippen MR) is 99.8 cm³/mol. The van der Waals surface area contributed by atoms with E-state index in [0.717, 1.165) is 45.4 Å². The van der Waals surface area contributed by atoms with Crippen LogP contribution in [0.3, 0.4) is 0 Å². The molecule has 0 aliphatic carbocycles. The molecule has 2 fully saturated rings. The Kier molecular flexibility index (Phi) is 6.49. The van der Waals surface area contributed by atoms with Gasteiger partial charge in [-0.05, 0) is 37.9 Å². The first-order valence-electron chi connectivity index (χ1n) is 8.58. The number of benzene rings is 1. The van der Waals surface area contributed by atoms with Crippen LogP contribution in [0, 0.1) is 0 Å². The van der Waals surface area contributed by atoms with E-state index in [1.165, 1.54) is 5.56 Å². The van der Waals surface area contributed by atoms with Crippen molar-refractivity contribution in [3.8, 4) is 0 Å². The van der Waals surface area contributed by atoms with Gasteiger partial charge >= 0.3 is 6.03 Å². The fraction of sp³-hybridized carbons (Fsp3) is 0.611. The Labute approximate surface area is 151 Å². The van der Waals surface area contributed by atoms with E-state index in [1.807, 2.05) is 20.2 Å². The number of piperazine rings is 1. The Bertz CT molecular complexity index is 526. The second-order valence-corrected chi connectivity index (χ2v) is 7.00. The molecule has 1 aromatic carbocycles. The standard InChI is InChI=1S/C18H28N4O.ClH/c1-21(2)17(23)22-16(12-15-6-4-3-5-7-15)13-20-14-18(22)8-10-19-11-9-18;/h3-7,16,19-20H,8-14H2,1-2H3;1H. The average molecular weight is 353 g/mol. The number of hydrogen-bond donors (Lipinski definition) is 2. The summed E-state index contributed by atoms with van der Waals surface area (Å²) < 4.78 is 0. The molecule has 2 N–H and O–H groups in total. The minimum Gasteiger partial charge on any atom is -0.331 e. The number of hydrogen-bond acceptors (Lipinski definition) is 3. The van der Waals surface area contributed by atoms with E-state index in [9.17, 15) is 4.79 Å². The third-order valence-electron chi connectivity index (χ3n) is 5.15. The van der Waals surface area contributed by atoms with Gasteiger partial charge in [-0.2, -0.15) is 0 Å². The van der Waals surface area contributed by atoms with Gasteiger partial charge in [-0.15, -0.1) is 12.4 Å². The van der Waals surface area contributed by atoms with Gasteiger partial charge in [-0.3, -0.25) is 0 Å². The molecule has 1 spiro atoms. The fourth-order valence-electron chi connectivity index (χ4n) is 3.97. The summed E-state index contributed by atoms with van der Waals surface area (Å²) in [7, 11) is 3.72. The van der Waals surface area contributed by atoms with Crippen LogP contribution in [0.1, 0.15) is 18.4 Å². The Balaban J connectivity index is 0.00000208. The van der Waals surface area contributed by atoms with Gasteiger partial charge in [-0.25, -0.2) is 4.79 Å². The van der Waals surface area contributed by atoms with Crippen molar-refractivity contribution in [1.82, 2.24) is 20.4 Å². The second-order valence-electron chi connectivity index (χ2n) is 7.00. The molecule has 2 heterocycles. The van der Waals surface area contributed by atoms with E-state index >= 15 is 0 Å². The minimum atomic E-state index is -0.0513. The van der Waals surface area contributed by atoms with E-state index in [2.05, 4.69) is 39.8 Å². The molecule has 134 valence electrons. The van der Waals surface area contributed by atoms with Gasteiger partial charge in [0.2, 0.25) is 0 Å². The van der Waals surface area contributed by atoms with E-state index < -0.39 is 0 Å². The molecule has 2 amide bonds. The van der Waals surface area contributed by atoms with Crippen molar-refractivity contribution in [1.29, 1.82) is 0 Å². The summed E-state index contributed by atoms with van der Waals surface area (Å²) in [5.74, 6) is 0. The number of rotatable bonds is 2. The monoisotopic (exact) mass is 352 g/mol. The molecule has 2 aliphatic rings. The lowest BCUT2D eigenvalue weighted by atomic mass is 9.82. The SMILES string of the molecule is CN(C)C(=O)N1C(Cc2ccccc2)CNCC12CCNCC2.Cl. The highest BCUT2D eigenvalue weighted by Crippen LogP contribution is 2.32. The number of urea groups is 1. The molecule has 1 atom stereocenters. The van der Waals surface area contributed by atoms with Crippen molar-refractivity contribution in [2.24, 2.45) is 0 Å². The van der Waals surface area contributed by atoms with Crippen molar-refractivity contribution in [2.45, 2.75) is 30.8 Å². The topological polar surface area (TPSA) is 47.6 Å². The smallest absolute Gasteiger partial charge is 0.320 e. The van der Waals surface area contributed by atoms with E-state index in [4.69, 9.17) is 0 Å². The molecule has 24 heavy (non-hydrogen) atoms. The molecule has 5 nitrogen and oxygen atoms in total. The zero-order valence-electron chi connectivity index (χ0n) is 14.6. The van der Waals surface area contributed by atoms with Crippen LogP contribution < -0.4 is 10.6 Å². The van der Waals surface area contributed by atoms with Crippen LogP contribution in [-0.4, -0.2) is 67.7 Å². The third kappa shape index (κ3) is 3.85. The van der Waals surface area contributed by atoms with E-state index in [-0.39, 0.29) is 30.0 Å². The highest BCUT2D eigenvalue weighted by Gasteiger charge is 2.46. The van der Waals surface area contributed by atoms with E-state index in [1.54, 1.807) is 4.90 Å². The van der Waals surface area contributed by atoms with Crippen LogP contribution >= 0.6 is 12.4 Å². The number of nitrogens with zero attached hydrogens (tertiary/aromatic N) is 2. The Morgan fingerprint density at radius 3 is 2.50 bits per heavy atom. The lowest BCUT2D eigenvalue weighted by Gasteiger charge is -2.54. The molecular weight excluding hydrogens is 324 g/mol. The summed E-state index contributed by atoms with van der Waals surface area (Å²) >= 11 is 0. The first-order valence-corrected chi connectivity index (χ1v) is 8.58. The molecule has 2 aliphatic heterocycles. The zero-order valence-corrected chi connectivity index (χ0v) is 15.4. The molecule has 0 saturated carbocycles. The summed E-state index contributed by atoms with van der Waals surface area (Å²) in [6.07, 6.45) is 2.94. The van der Waals surface area contributed by atoms with Gasteiger partial charge in [0.25, 0.3) is 0 Å². The van der Waals surface area contributed by atoms with Gasteiger partial charge in [0.1, 0.15) is 0 Å². The van der Waals surface area contributed by atoms with Crippen molar-refractivity contribution in [2.75, 3.05) is 40.3 Å². The average Bonchev–Trinajstić information content (AvgIpc) is 2.56. The number of halogens is 1. The first kappa shape index (κ1) is 19.0. The number of nitrogens with one attached hydrogen (secondary N) is 2. The quantitative estimate of drug-likeness (QED) is 0.852. The van der Waals surface area contributed by atoms with Crippen molar-refractivity contribution >= 4 is 18.4 Å². The van der Waals surface area contributed by atoms with Crippen molar-refractivity contribution in [3.05, 3.63) is 35.9 Å². The van der Waals surface area contributed by atoms with Crippen LogP contribution in [0.4, 0.5) is 4.79 Å². The maximum Gasteiger partial charge on any atom is 0.320 e. The Hall–Kier alpha value is -1.30. The van der Waals surface area contributed by atoms with Crippen LogP contribution in [-0.2, 0) is 6.42 Å². The molecule has 1 unspecified atom stereocenters. The lowest BCUT2D eigenvalue weighted by Crippen LogP contribution is -2.71. The van der Waals surface area contributed by atoms with Crippen LogP contribution in [0.15, 0.2) is 30.3 Å². The van der Waals surface area contributed by atoms with Gasteiger partial charge in [0, 0.05) is 27.2 Å². The second kappa shape index (κ2) is 8.19. The third-order valence-corrected chi connectivity index (χ3v) is 5.15. The van der Waals surface area contributed by atoms with Gasteiger partial charge in [-0.1, -0.05) is 30.3 Å². The summed E-state index contributed by atoms with van der Waals surface area (Å²) in [5, 5.41) is 7.03. The largest absolute Gasteiger partial charge is 0.331 e. The number of carbonyl (C=O) groups is 1. The maximum absolute atomic E-state index is 13.0.